The van der Waals surface area contributed by atoms with Crippen molar-refractivity contribution in [2.24, 2.45) is 0 Å². The van der Waals surface area contributed by atoms with Crippen molar-refractivity contribution in [3.63, 3.8) is 0 Å². The van der Waals surface area contributed by atoms with Crippen molar-refractivity contribution in [2.45, 2.75) is 12.0 Å². The Labute approximate surface area is 330 Å². The smallest absolute Gasteiger partial charge is 0.132 e. The minimum absolute atomic E-state index is 0.0678. The Kier molecular flexibility index (Phi) is 7.05. The van der Waals surface area contributed by atoms with Crippen LogP contribution in [-0.2, 0) is 0 Å². The first kappa shape index (κ1) is 31.9. The highest BCUT2D eigenvalue weighted by Crippen LogP contribution is 2.47. The minimum atomic E-state index is 0.0678. The van der Waals surface area contributed by atoms with Crippen molar-refractivity contribution < 1.29 is 4.74 Å². The molecule has 0 radical (unpaired) electrons. The highest BCUT2D eigenvalue weighted by molar-refractivity contribution is 6.12. The van der Waals surface area contributed by atoms with E-state index < -0.39 is 0 Å². The van der Waals surface area contributed by atoms with Crippen LogP contribution < -0.4 is 4.74 Å². The Morgan fingerprint density at radius 1 is 0.368 bits per heavy atom. The van der Waals surface area contributed by atoms with Gasteiger partial charge in [0.2, 0.25) is 0 Å². The Hall–Kier alpha value is -7.36. The molecular weight excluding hydrogens is 693 g/mol. The number of hydrogen-bond donors (Lipinski definition) is 0. The van der Waals surface area contributed by atoms with Gasteiger partial charge >= 0.3 is 0 Å². The number of aromatic nitrogens is 2. The van der Waals surface area contributed by atoms with E-state index in [1.54, 1.807) is 0 Å². The molecule has 3 nitrogen and oxygen atoms in total. The van der Waals surface area contributed by atoms with E-state index in [-0.39, 0.29) is 12.0 Å². The number of benzene rings is 8. The van der Waals surface area contributed by atoms with Gasteiger partial charge in [0, 0.05) is 50.0 Å². The van der Waals surface area contributed by atoms with Crippen LogP contribution in [0.2, 0.25) is 0 Å². The first-order valence-electron chi connectivity index (χ1n) is 19.7. The van der Waals surface area contributed by atoms with Crippen molar-refractivity contribution >= 4 is 43.6 Å². The average molecular weight is 729 g/mol. The maximum absolute atomic E-state index is 6.50. The van der Waals surface area contributed by atoms with Gasteiger partial charge in [-0.05, 0) is 94.6 Å². The van der Waals surface area contributed by atoms with Crippen LogP contribution in [0.4, 0.5) is 0 Å². The fourth-order valence-electron chi connectivity index (χ4n) is 9.40. The van der Waals surface area contributed by atoms with E-state index in [0.717, 1.165) is 28.3 Å². The number of hydrogen-bond acceptors (Lipinski definition) is 1. The Morgan fingerprint density at radius 2 is 0.930 bits per heavy atom. The van der Waals surface area contributed by atoms with E-state index in [1.165, 1.54) is 71.4 Å². The maximum atomic E-state index is 6.50. The molecule has 0 saturated carbocycles. The van der Waals surface area contributed by atoms with E-state index in [9.17, 15) is 0 Å². The molecule has 0 saturated heterocycles. The van der Waals surface area contributed by atoms with Gasteiger partial charge in [-0.15, -0.1) is 0 Å². The predicted octanol–water partition coefficient (Wildman–Crippen LogP) is 13.9. The van der Waals surface area contributed by atoms with E-state index >= 15 is 0 Å². The van der Waals surface area contributed by atoms with E-state index in [0.29, 0.717) is 0 Å². The molecule has 2 unspecified atom stereocenters. The van der Waals surface area contributed by atoms with Crippen LogP contribution in [0.5, 0.6) is 5.75 Å². The van der Waals surface area contributed by atoms with Crippen LogP contribution >= 0.6 is 0 Å². The monoisotopic (exact) mass is 728 g/mol. The molecule has 10 aromatic rings. The fraction of sp³-hybridized carbons (Fsp3) is 0.0370. The minimum Gasteiger partial charge on any atom is -0.484 e. The van der Waals surface area contributed by atoms with Gasteiger partial charge in [-0.25, -0.2) is 0 Å². The summed E-state index contributed by atoms with van der Waals surface area (Å²) in [5, 5.41) is 4.98. The third-order valence-corrected chi connectivity index (χ3v) is 12.1. The van der Waals surface area contributed by atoms with Gasteiger partial charge < -0.3 is 13.9 Å². The van der Waals surface area contributed by atoms with Crippen molar-refractivity contribution in [1.29, 1.82) is 0 Å². The van der Waals surface area contributed by atoms with Crippen molar-refractivity contribution in [3.8, 4) is 50.5 Å². The SMILES string of the molecule is C1=CC2Oc3c(-c4ccc(-n5c6ccccc6c6cc(-c7ccc8c(c7)c7ccccc7n8-c7cccc(-c8ccccc8)c7)ccc65)cc4)cccc3C2C=C1. The summed E-state index contributed by atoms with van der Waals surface area (Å²) in [6.07, 6.45) is 8.69. The first-order chi connectivity index (χ1) is 28.3. The molecule has 8 aromatic carbocycles. The molecule has 0 fully saturated rings. The molecule has 0 amide bonds. The Balaban J connectivity index is 0.945. The molecule has 2 atom stereocenters. The predicted molar refractivity (Wildman–Crippen MR) is 237 cm³/mol. The molecule has 1 aliphatic carbocycles. The lowest BCUT2D eigenvalue weighted by Gasteiger charge is -2.14. The van der Waals surface area contributed by atoms with Crippen LogP contribution in [0.1, 0.15) is 11.5 Å². The van der Waals surface area contributed by atoms with Crippen LogP contribution in [-0.4, -0.2) is 15.2 Å². The highest BCUT2D eigenvalue weighted by Gasteiger charge is 2.33. The molecular formula is C54H36N2O. The number of nitrogens with zero attached hydrogens (tertiary/aromatic N) is 2. The summed E-state index contributed by atoms with van der Waals surface area (Å²) >= 11 is 0. The van der Waals surface area contributed by atoms with Gasteiger partial charge in [-0.3, -0.25) is 0 Å². The zero-order chi connectivity index (χ0) is 37.5. The molecule has 2 aliphatic rings. The van der Waals surface area contributed by atoms with Gasteiger partial charge in [-0.2, -0.15) is 0 Å². The number of ether oxygens (including phenoxy) is 1. The largest absolute Gasteiger partial charge is 0.484 e. The normalized spacial score (nSPS) is 15.7. The molecule has 1 aliphatic heterocycles. The van der Waals surface area contributed by atoms with Crippen molar-refractivity contribution in [2.75, 3.05) is 0 Å². The quantitative estimate of drug-likeness (QED) is 0.173. The number of fused-ring (bicyclic) bond motifs is 9. The third kappa shape index (κ3) is 4.99. The summed E-state index contributed by atoms with van der Waals surface area (Å²) < 4.78 is 11.3. The molecule has 2 aromatic heterocycles. The summed E-state index contributed by atoms with van der Waals surface area (Å²) in [5.74, 6) is 1.28. The lowest BCUT2D eigenvalue weighted by molar-refractivity contribution is 0.270. The number of para-hydroxylation sites is 3. The van der Waals surface area contributed by atoms with Gasteiger partial charge in [0.1, 0.15) is 11.9 Å². The molecule has 0 spiro atoms. The van der Waals surface area contributed by atoms with Crippen LogP contribution in [0.25, 0.3) is 88.4 Å². The average Bonchev–Trinajstić information content (AvgIpc) is 3.94. The van der Waals surface area contributed by atoms with Gasteiger partial charge in [-0.1, -0.05) is 140 Å². The zero-order valence-corrected chi connectivity index (χ0v) is 31.1. The van der Waals surface area contributed by atoms with E-state index in [4.69, 9.17) is 4.74 Å². The Bertz CT molecular complexity index is 3270. The van der Waals surface area contributed by atoms with Crippen LogP contribution in [0.3, 0.4) is 0 Å². The van der Waals surface area contributed by atoms with Gasteiger partial charge in [0.05, 0.1) is 22.1 Å². The number of rotatable bonds is 5. The van der Waals surface area contributed by atoms with Crippen molar-refractivity contribution in [1.82, 2.24) is 9.13 Å². The molecule has 0 N–H and O–H groups in total. The zero-order valence-electron chi connectivity index (χ0n) is 31.1. The molecule has 0 bridgehead atoms. The highest BCUT2D eigenvalue weighted by atomic mass is 16.5. The molecule has 12 rings (SSSR count). The first-order valence-corrected chi connectivity index (χ1v) is 19.7. The van der Waals surface area contributed by atoms with Crippen molar-refractivity contribution in [3.05, 3.63) is 212 Å². The Morgan fingerprint density at radius 3 is 1.65 bits per heavy atom. The summed E-state index contributed by atoms with van der Waals surface area (Å²) in [4.78, 5) is 0. The second kappa shape index (κ2) is 12.6. The van der Waals surface area contributed by atoms with E-state index in [1.807, 2.05) is 0 Å². The lowest BCUT2D eigenvalue weighted by atomic mass is 9.90. The summed E-state index contributed by atoms with van der Waals surface area (Å²) in [7, 11) is 0. The lowest BCUT2D eigenvalue weighted by Crippen LogP contribution is -2.15. The number of allylic oxidation sites excluding steroid dienone is 2. The summed E-state index contributed by atoms with van der Waals surface area (Å²) in [5.41, 5.74) is 15.5. The molecule has 3 heteroatoms. The molecule has 57 heavy (non-hydrogen) atoms. The molecule has 3 heterocycles. The molecule has 268 valence electrons. The second-order valence-corrected chi connectivity index (χ2v) is 15.2. The standard InChI is InChI=1S/C54H36N2O/c1-2-12-35(13-3-1)37-14-10-15-41(32-37)56-50-22-8-5-17-44(50)48-34-39(27-31-52(48)56)38-26-30-51-47(33-38)43-16-4-7-21-49(43)55(51)40-28-24-36(25-29-40)42-19-11-20-46-45-18-6-9-23-53(45)57-54(42)46/h1-34,45,53H. The summed E-state index contributed by atoms with van der Waals surface area (Å²) in [6.45, 7) is 0. The third-order valence-electron chi connectivity index (χ3n) is 12.1. The van der Waals surface area contributed by atoms with Gasteiger partial charge in [0.25, 0.3) is 0 Å². The van der Waals surface area contributed by atoms with Gasteiger partial charge in [0.15, 0.2) is 0 Å². The topological polar surface area (TPSA) is 19.1 Å². The van der Waals surface area contributed by atoms with E-state index in [2.05, 4.69) is 215 Å². The fourth-order valence-corrected chi connectivity index (χ4v) is 9.40. The second-order valence-electron chi connectivity index (χ2n) is 15.2. The summed E-state index contributed by atoms with van der Waals surface area (Å²) in [6, 6.07) is 66.4. The maximum Gasteiger partial charge on any atom is 0.132 e. The van der Waals surface area contributed by atoms with Crippen LogP contribution in [0, 0.1) is 0 Å². The van der Waals surface area contributed by atoms with Crippen LogP contribution in [0.15, 0.2) is 206 Å².